The van der Waals surface area contributed by atoms with Gasteiger partial charge in [-0.1, -0.05) is 12.1 Å². The topological polar surface area (TPSA) is 28.4 Å². The Morgan fingerprint density at radius 3 is 2.19 bits per heavy atom. The summed E-state index contributed by atoms with van der Waals surface area (Å²) in [4.78, 5) is 2.27. The average molecular weight is 436 g/mol. The molecule has 1 atom stereocenters. The fraction of sp³-hybridized carbons (Fsp3) is 0.231. The molecule has 1 aliphatic rings. The Kier molecular flexibility index (Phi) is 5.49. The fourth-order valence-electron chi connectivity index (χ4n) is 4.62. The van der Waals surface area contributed by atoms with Gasteiger partial charge in [-0.25, -0.2) is 13.2 Å². The fourth-order valence-corrected chi connectivity index (χ4v) is 4.62. The predicted octanol–water partition coefficient (Wildman–Crippen LogP) is 5.88. The lowest BCUT2D eigenvalue weighted by Crippen LogP contribution is -2.19. The molecule has 0 saturated heterocycles. The van der Waals surface area contributed by atoms with Crippen molar-refractivity contribution in [3.63, 3.8) is 0 Å². The van der Waals surface area contributed by atoms with Crippen molar-refractivity contribution < 1.29 is 18.3 Å². The third-order valence-electron chi connectivity index (χ3n) is 6.19. The van der Waals surface area contributed by atoms with E-state index in [1.807, 2.05) is 0 Å². The highest BCUT2D eigenvalue weighted by molar-refractivity contribution is 5.88. The molecular formula is C26H23F3N2O. The van der Waals surface area contributed by atoms with Crippen LogP contribution >= 0.6 is 0 Å². The number of aromatic nitrogens is 1. The largest absolute Gasteiger partial charge is 0.388 e. The molecule has 0 amide bonds. The third-order valence-corrected chi connectivity index (χ3v) is 6.19. The van der Waals surface area contributed by atoms with Gasteiger partial charge in [0.05, 0.1) is 11.6 Å². The molecule has 0 spiro atoms. The third kappa shape index (κ3) is 3.92. The first-order valence-corrected chi connectivity index (χ1v) is 10.7. The molecule has 1 unspecified atom stereocenters. The minimum atomic E-state index is -0.636. The van der Waals surface area contributed by atoms with Crippen molar-refractivity contribution in [3.05, 3.63) is 101 Å². The maximum atomic E-state index is 14.0. The summed E-state index contributed by atoms with van der Waals surface area (Å²) in [6.07, 6.45) is 0.703. The first kappa shape index (κ1) is 20.8. The number of aliphatic hydroxyl groups is 1. The SMILES string of the molecule is OC(CCCN1Cc2c(n(-c3ccc(F)cc3)c3ccc(F)cc23)C1)c1ccc(F)cc1. The number of fused-ring (bicyclic) bond motifs is 3. The normalized spacial score (nSPS) is 14.8. The molecule has 4 aromatic rings. The zero-order valence-electron chi connectivity index (χ0n) is 17.4. The van der Waals surface area contributed by atoms with E-state index < -0.39 is 6.10 Å². The van der Waals surface area contributed by atoms with Crippen LogP contribution in [-0.4, -0.2) is 21.1 Å². The lowest BCUT2D eigenvalue weighted by atomic mass is 10.0. The summed E-state index contributed by atoms with van der Waals surface area (Å²) < 4.78 is 42.7. The number of hydrogen-bond donors (Lipinski definition) is 1. The average Bonchev–Trinajstić information content (AvgIpc) is 3.31. The molecule has 0 fully saturated rings. The number of hydrogen-bond acceptors (Lipinski definition) is 2. The second-order valence-electron chi connectivity index (χ2n) is 8.32. The first-order chi connectivity index (χ1) is 15.5. The molecule has 3 nitrogen and oxygen atoms in total. The molecule has 0 bridgehead atoms. The van der Waals surface area contributed by atoms with Gasteiger partial charge in [-0.3, -0.25) is 4.90 Å². The van der Waals surface area contributed by atoms with Crippen molar-refractivity contribution in [2.45, 2.75) is 32.0 Å². The molecule has 32 heavy (non-hydrogen) atoms. The lowest BCUT2D eigenvalue weighted by Gasteiger charge is -2.18. The summed E-state index contributed by atoms with van der Waals surface area (Å²) >= 11 is 0. The molecule has 2 heterocycles. The van der Waals surface area contributed by atoms with Gasteiger partial charge in [-0.05, 0) is 85.1 Å². The molecule has 0 aliphatic carbocycles. The molecule has 0 radical (unpaired) electrons. The second kappa shape index (κ2) is 8.45. The van der Waals surface area contributed by atoms with Crippen LogP contribution in [-0.2, 0) is 13.1 Å². The highest BCUT2D eigenvalue weighted by Crippen LogP contribution is 2.36. The van der Waals surface area contributed by atoms with Crippen LogP contribution in [0.25, 0.3) is 16.6 Å². The van der Waals surface area contributed by atoms with Gasteiger partial charge in [0, 0.05) is 29.9 Å². The highest BCUT2D eigenvalue weighted by atomic mass is 19.1. The smallest absolute Gasteiger partial charge is 0.123 e. The second-order valence-corrected chi connectivity index (χ2v) is 8.32. The van der Waals surface area contributed by atoms with E-state index in [1.165, 1.54) is 30.3 Å². The monoisotopic (exact) mass is 436 g/mol. The van der Waals surface area contributed by atoms with Crippen LogP contribution in [0.3, 0.4) is 0 Å². The van der Waals surface area contributed by atoms with Crippen molar-refractivity contribution in [1.82, 2.24) is 9.47 Å². The van der Waals surface area contributed by atoms with Crippen LogP contribution in [0.5, 0.6) is 0 Å². The maximum absolute atomic E-state index is 14.0. The first-order valence-electron chi connectivity index (χ1n) is 10.7. The molecule has 1 aromatic heterocycles. The summed E-state index contributed by atoms with van der Waals surface area (Å²) in [5.41, 5.74) is 4.63. The van der Waals surface area contributed by atoms with E-state index in [4.69, 9.17) is 0 Å². The number of nitrogens with zero attached hydrogens (tertiary/aromatic N) is 2. The van der Waals surface area contributed by atoms with Crippen molar-refractivity contribution in [1.29, 1.82) is 0 Å². The Morgan fingerprint density at radius 1 is 0.812 bits per heavy atom. The molecule has 1 aliphatic heterocycles. The molecule has 3 aromatic carbocycles. The summed E-state index contributed by atoms with van der Waals surface area (Å²) in [6, 6.07) is 17.1. The van der Waals surface area contributed by atoms with Gasteiger partial charge >= 0.3 is 0 Å². The van der Waals surface area contributed by atoms with Gasteiger partial charge in [0.25, 0.3) is 0 Å². The van der Waals surface area contributed by atoms with Crippen LogP contribution in [0.4, 0.5) is 13.2 Å². The van der Waals surface area contributed by atoms with Gasteiger partial charge in [-0.2, -0.15) is 0 Å². The quantitative estimate of drug-likeness (QED) is 0.409. The van der Waals surface area contributed by atoms with Crippen LogP contribution < -0.4 is 0 Å². The van der Waals surface area contributed by atoms with Crippen LogP contribution in [0, 0.1) is 17.5 Å². The molecule has 1 N–H and O–H groups in total. The van der Waals surface area contributed by atoms with Crippen LogP contribution in [0.15, 0.2) is 66.7 Å². The van der Waals surface area contributed by atoms with Crippen molar-refractivity contribution >= 4 is 10.9 Å². The van der Waals surface area contributed by atoms with Crippen molar-refractivity contribution in [3.8, 4) is 5.69 Å². The Balaban J connectivity index is 1.34. The Hall–Kier alpha value is -3.09. The Bertz CT molecular complexity index is 1250. The van der Waals surface area contributed by atoms with Crippen molar-refractivity contribution in [2.75, 3.05) is 6.54 Å². The number of aliphatic hydroxyl groups excluding tert-OH is 1. The zero-order valence-corrected chi connectivity index (χ0v) is 17.4. The van der Waals surface area contributed by atoms with E-state index in [9.17, 15) is 18.3 Å². The van der Waals surface area contributed by atoms with E-state index in [-0.39, 0.29) is 17.5 Å². The highest BCUT2D eigenvalue weighted by Gasteiger charge is 2.27. The van der Waals surface area contributed by atoms with E-state index in [0.29, 0.717) is 25.1 Å². The Morgan fingerprint density at radius 2 is 1.47 bits per heavy atom. The minimum Gasteiger partial charge on any atom is -0.388 e. The number of rotatable bonds is 6. The van der Waals surface area contributed by atoms with Crippen molar-refractivity contribution in [2.24, 2.45) is 0 Å². The van der Waals surface area contributed by atoms with Gasteiger partial charge in [-0.15, -0.1) is 0 Å². The standard InChI is InChI=1S/C26H23F3N2O/c27-18-5-3-17(4-6-18)26(32)2-1-13-30-15-23-22-14-20(29)9-12-24(22)31(25(23)16-30)21-10-7-19(28)8-11-21/h3-12,14,26,32H,1-2,13,15-16H2. The summed E-state index contributed by atoms with van der Waals surface area (Å²) in [5.74, 6) is -0.896. The predicted molar refractivity (Wildman–Crippen MR) is 118 cm³/mol. The molecule has 5 rings (SSSR count). The zero-order chi connectivity index (χ0) is 22.2. The number of halogens is 3. The van der Waals surface area contributed by atoms with Crippen LogP contribution in [0.2, 0.25) is 0 Å². The molecule has 164 valence electrons. The molecule has 6 heteroatoms. The van der Waals surface area contributed by atoms with Gasteiger partial charge in [0.1, 0.15) is 17.5 Å². The maximum Gasteiger partial charge on any atom is 0.123 e. The summed E-state index contributed by atoms with van der Waals surface area (Å²) in [6.45, 7) is 2.15. The molecular weight excluding hydrogens is 413 g/mol. The van der Waals surface area contributed by atoms with Gasteiger partial charge in [0.15, 0.2) is 0 Å². The van der Waals surface area contributed by atoms with Crippen LogP contribution in [0.1, 0.15) is 35.8 Å². The van der Waals surface area contributed by atoms with E-state index in [1.54, 1.807) is 36.4 Å². The van der Waals surface area contributed by atoms with E-state index in [0.717, 1.165) is 40.8 Å². The minimum absolute atomic E-state index is 0.280. The summed E-state index contributed by atoms with van der Waals surface area (Å²) in [5, 5.41) is 11.3. The Labute approximate surface area is 184 Å². The summed E-state index contributed by atoms with van der Waals surface area (Å²) in [7, 11) is 0. The van der Waals surface area contributed by atoms with Gasteiger partial charge < -0.3 is 9.67 Å². The van der Waals surface area contributed by atoms with E-state index in [2.05, 4.69) is 9.47 Å². The molecule has 0 saturated carbocycles. The van der Waals surface area contributed by atoms with Gasteiger partial charge in [0.2, 0.25) is 0 Å². The lowest BCUT2D eigenvalue weighted by molar-refractivity contribution is 0.155. The van der Waals surface area contributed by atoms with E-state index >= 15 is 0 Å². The number of benzene rings is 3.